The number of halogens is 2. The number of amides is 2. The van der Waals surface area contributed by atoms with Crippen molar-refractivity contribution >= 4 is 23.3 Å². The Labute approximate surface area is 220 Å². The first-order valence-electron chi connectivity index (χ1n) is 13.3. The van der Waals surface area contributed by atoms with Crippen LogP contribution in [0.3, 0.4) is 0 Å². The SMILES string of the molecule is CCC1(C)NCC(NC(=O)c2c(N)nn3cc(F)cnc23)C(N2CCC(C(=O)N3CCOCC3)CC2)C1F. The molecule has 4 unspecified atom stereocenters. The summed E-state index contributed by atoms with van der Waals surface area (Å²) in [5, 5.41) is 10.2. The average molecular weight is 535 g/mol. The molecule has 5 heterocycles. The normalized spacial score (nSPS) is 29.5. The first-order chi connectivity index (χ1) is 18.2. The molecule has 11 nitrogen and oxygen atoms in total. The molecule has 38 heavy (non-hydrogen) atoms. The minimum atomic E-state index is -1.27. The smallest absolute Gasteiger partial charge is 0.259 e. The first-order valence-corrected chi connectivity index (χ1v) is 13.3. The van der Waals surface area contributed by atoms with E-state index in [1.54, 1.807) is 0 Å². The quantitative estimate of drug-likeness (QED) is 0.509. The second-order valence-corrected chi connectivity index (χ2v) is 10.7. The zero-order chi connectivity index (χ0) is 27.0. The van der Waals surface area contributed by atoms with Gasteiger partial charge in [-0.15, -0.1) is 5.10 Å². The lowest BCUT2D eigenvalue weighted by molar-refractivity contribution is -0.141. The fourth-order valence-corrected chi connectivity index (χ4v) is 5.91. The van der Waals surface area contributed by atoms with Gasteiger partial charge in [-0.1, -0.05) is 6.92 Å². The van der Waals surface area contributed by atoms with Crippen LogP contribution in [0.15, 0.2) is 12.4 Å². The van der Waals surface area contributed by atoms with Gasteiger partial charge in [0.2, 0.25) is 5.91 Å². The highest BCUT2D eigenvalue weighted by Crippen LogP contribution is 2.33. The summed E-state index contributed by atoms with van der Waals surface area (Å²) in [4.78, 5) is 34.3. The van der Waals surface area contributed by atoms with E-state index in [1.807, 2.05) is 18.7 Å². The lowest BCUT2D eigenvalue weighted by Gasteiger charge is -2.51. The Bertz CT molecular complexity index is 1180. The molecule has 3 fully saturated rings. The van der Waals surface area contributed by atoms with E-state index < -0.39 is 35.5 Å². The highest BCUT2D eigenvalue weighted by Gasteiger charge is 2.50. The van der Waals surface area contributed by atoms with Gasteiger partial charge >= 0.3 is 0 Å². The molecular formula is C25H36F2N8O3. The van der Waals surface area contributed by atoms with Crippen LogP contribution in [-0.4, -0.2) is 106 Å². The van der Waals surface area contributed by atoms with E-state index in [1.165, 1.54) is 0 Å². The molecule has 0 spiro atoms. The van der Waals surface area contributed by atoms with Gasteiger partial charge in [-0.05, 0) is 39.3 Å². The van der Waals surface area contributed by atoms with Gasteiger partial charge in [-0.2, -0.15) is 0 Å². The number of hydrogen-bond acceptors (Lipinski definition) is 8. The fraction of sp³-hybridized carbons (Fsp3) is 0.680. The number of morpholine rings is 1. The molecule has 4 N–H and O–H groups in total. The third kappa shape index (κ3) is 4.94. The van der Waals surface area contributed by atoms with Crippen LogP contribution < -0.4 is 16.4 Å². The van der Waals surface area contributed by atoms with Gasteiger partial charge in [0.05, 0.1) is 37.7 Å². The third-order valence-electron chi connectivity index (χ3n) is 8.42. The number of fused-ring (bicyclic) bond motifs is 1. The Morgan fingerprint density at radius 1 is 1.26 bits per heavy atom. The molecule has 2 amide bonds. The molecule has 0 saturated carbocycles. The van der Waals surface area contributed by atoms with Gasteiger partial charge in [0.25, 0.3) is 5.91 Å². The van der Waals surface area contributed by atoms with Crippen molar-refractivity contribution in [1.82, 2.24) is 35.0 Å². The van der Waals surface area contributed by atoms with Crippen LogP contribution >= 0.6 is 0 Å². The number of ether oxygens (including phenoxy) is 1. The Hall–Kier alpha value is -2.90. The van der Waals surface area contributed by atoms with Crippen molar-refractivity contribution in [2.75, 3.05) is 51.7 Å². The molecule has 5 rings (SSSR count). The molecule has 3 aliphatic rings. The van der Waals surface area contributed by atoms with E-state index in [2.05, 4.69) is 25.6 Å². The average Bonchev–Trinajstić information content (AvgIpc) is 3.26. The molecule has 2 aromatic rings. The second kappa shape index (κ2) is 10.7. The van der Waals surface area contributed by atoms with Crippen LogP contribution in [0.1, 0.15) is 43.5 Å². The van der Waals surface area contributed by atoms with Crippen LogP contribution in [0, 0.1) is 11.7 Å². The van der Waals surface area contributed by atoms with E-state index in [0.29, 0.717) is 65.2 Å². The lowest BCUT2D eigenvalue weighted by atomic mass is 9.79. The summed E-state index contributed by atoms with van der Waals surface area (Å²) in [5.74, 6) is -1.19. The highest BCUT2D eigenvalue weighted by atomic mass is 19.1. The van der Waals surface area contributed by atoms with Crippen molar-refractivity contribution in [3.05, 3.63) is 23.8 Å². The Kier molecular flexibility index (Phi) is 7.51. The number of rotatable bonds is 5. The number of alkyl halides is 1. The van der Waals surface area contributed by atoms with Crippen molar-refractivity contribution in [2.45, 2.75) is 56.9 Å². The maximum absolute atomic E-state index is 16.2. The molecule has 4 atom stereocenters. The standard InChI is InChI=1S/C25H36F2N8O3/c1-3-25(2)20(27)19(33-6-4-15(5-7-33)24(37)34-8-10-38-11-9-34)17(13-30-25)31-23(36)18-21(28)32-35-14-16(26)12-29-22(18)35/h12,14-15,17,19-20,30H,3-11,13H2,1-2H3,(H2,28,32)(H,31,36). The zero-order valence-corrected chi connectivity index (χ0v) is 21.8. The molecule has 3 aliphatic heterocycles. The monoisotopic (exact) mass is 534 g/mol. The maximum Gasteiger partial charge on any atom is 0.259 e. The molecule has 0 bridgehead atoms. The minimum Gasteiger partial charge on any atom is -0.381 e. The number of likely N-dealkylation sites (tertiary alicyclic amines) is 1. The van der Waals surface area contributed by atoms with Crippen LogP contribution in [0.25, 0.3) is 5.65 Å². The number of nitrogens with one attached hydrogen (secondary N) is 2. The van der Waals surface area contributed by atoms with Crippen molar-refractivity contribution < 1.29 is 23.1 Å². The third-order valence-corrected chi connectivity index (χ3v) is 8.42. The topological polar surface area (TPSA) is 130 Å². The minimum absolute atomic E-state index is 0.0257. The van der Waals surface area contributed by atoms with Gasteiger partial charge < -0.3 is 26.0 Å². The summed E-state index contributed by atoms with van der Waals surface area (Å²) >= 11 is 0. The summed E-state index contributed by atoms with van der Waals surface area (Å²) in [7, 11) is 0. The molecular weight excluding hydrogens is 498 g/mol. The summed E-state index contributed by atoms with van der Waals surface area (Å²) in [6.07, 6.45) is 2.65. The Morgan fingerprint density at radius 3 is 2.66 bits per heavy atom. The van der Waals surface area contributed by atoms with Crippen LogP contribution in [0.5, 0.6) is 0 Å². The fourth-order valence-electron chi connectivity index (χ4n) is 5.91. The number of hydrogen-bond donors (Lipinski definition) is 3. The van der Waals surface area contributed by atoms with Crippen molar-refractivity contribution in [1.29, 1.82) is 0 Å². The Balaban J connectivity index is 1.33. The molecule has 208 valence electrons. The van der Waals surface area contributed by atoms with Crippen molar-refractivity contribution in [2.24, 2.45) is 5.92 Å². The lowest BCUT2D eigenvalue weighted by Crippen LogP contribution is -2.72. The number of anilines is 1. The largest absolute Gasteiger partial charge is 0.381 e. The number of nitrogens with two attached hydrogens (primary N) is 1. The van der Waals surface area contributed by atoms with Gasteiger partial charge in [0.15, 0.2) is 17.3 Å². The number of nitrogens with zero attached hydrogens (tertiary/aromatic N) is 5. The predicted octanol–water partition coefficient (Wildman–Crippen LogP) is 0.598. The predicted molar refractivity (Wildman–Crippen MR) is 136 cm³/mol. The highest BCUT2D eigenvalue weighted by molar-refractivity contribution is 6.04. The molecule has 0 aromatic carbocycles. The summed E-state index contributed by atoms with van der Waals surface area (Å²) < 4.78 is 36.3. The van der Waals surface area contributed by atoms with Gasteiger partial charge in [-0.25, -0.2) is 18.3 Å². The van der Waals surface area contributed by atoms with Crippen LogP contribution in [-0.2, 0) is 9.53 Å². The number of piperidine rings is 2. The summed E-state index contributed by atoms with van der Waals surface area (Å²) in [6, 6.07) is -1.17. The van der Waals surface area contributed by atoms with Crippen molar-refractivity contribution in [3.63, 3.8) is 0 Å². The number of aromatic nitrogens is 3. The summed E-state index contributed by atoms with van der Waals surface area (Å²) in [5.41, 5.74) is 5.38. The van der Waals surface area contributed by atoms with Gasteiger partial charge in [-0.3, -0.25) is 14.5 Å². The first kappa shape index (κ1) is 26.7. The number of carbonyl (C=O) groups excluding carboxylic acids is 2. The Morgan fingerprint density at radius 2 is 1.97 bits per heavy atom. The number of carbonyl (C=O) groups is 2. The van der Waals surface area contributed by atoms with Gasteiger partial charge in [0.1, 0.15) is 11.7 Å². The molecule has 0 radical (unpaired) electrons. The van der Waals surface area contributed by atoms with E-state index in [0.717, 1.165) is 16.9 Å². The van der Waals surface area contributed by atoms with Gasteiger partial charge in [0, 0.05) is 31.1 Å². The number of nitrogen functional groups attached to an aromatic ring is 1. The summed E-state index contributed by atoms with van der Waals surface area (Å²) in [6.45, 7) is 7.59. The van der Waals surface area contributed by atoms with E-state index in [-0.39, 0.29) is 28.9 Å². The molecule has 3 saturated heterocycles. The molecule has 0 aliphatic carbocycles. The maximum atomic E-state index is 16.2. The van der Waals surface area contributed by atoms with E-state index >= 15 is 4.39 Å². The van der Waals surface area contributed by atoms with E-state index in [9.17, 15) is 14.0 Å². The zero-order valence-electron chi connectivity index (χ0n) is 21.8. The van der Waals surface area contributed by atoms with Crippen molar-refractivity contribution in [3.8, 4) is 0 Å². The van der Waals surface area contributed by atoms with Crippen LogP contribution in [0.2, 0.25) is 0 Å². The van der Waals surface area contributed by atoms with E-state index in [4.69, 9.17) is 10.5 Å². The molecule has 13 heteroatoms. The van der Waals surface area contributed by atoms with Crippen LogP contribution in [0.4, 0.5) is 14.6 Å². The second-order valence-electron chi connectivity index (χ2n) is 10.7. The molecule has 2 aromatic heterocycles.